The van der Waals surface area contributed by atoms with Crippen molar-refractivity contribution in [2.75, 3.05) is 13.2 Å². The fraction of sp³-hybridized carbons (Fsp3) is 0.833. The number of hydrogen-bond donors (Lipinski definition) is 2. The quantitative estimate of drug-likeness (QED) is 0.661. The lowest BCUT2D eigenvalue weighted by Crippen LogP contribution is -2.55. The summed E-state index contributed by atoms with van der Waals surface area (Å²) in [5.41, 5.74) is 5.58. The molecule has 3 aliphatic rings. The van der Waals surface area contributed by atoms with Gasteiger partial charge < -0.3 is 11.1 Å². The summed E-state index contributed by atoms with van der Waals surface area (Å²) >= 11 is 0. The third-order valence-electron chi connectivity index (χ3n) is 6.25. The first kappa shape index (κ1) is 21.0. The van der Waals surface area contributed by atoms with Crippen LogP contribution in [0.2, 0.25) is 0 Å². The molecule has 158 valence electrons. The number of fused-ring (bicyclic) bond motifs is 1. The molecule has 2 amide bonds. The van der Waals surface area contributed by atoms with E-state index in [1.807, 2.05) is 0 Å². The summed E-state index contributed by atoms with van der Waals surface area (Å²) in [5, 5.41) is 2.68. The maximum Gasteiger partial charge on any atom is 0.522 e. The molecule has 1 aliphatic carbocycles. The van der Waals surface area contributed by atoms with Crippen molar-refractivity contribution in [1.82, 2.24) is 10.2 Å². The van der Waals surface area contributed by atoms with Gasteiger partial charge in [-0.25, -0.2) is 0 Å². The number of nitrogens with one attached hydrogen (secondary N) is 1. The molecule has 0 spiro atoms. The van der Waals surface area contributed by atoms with Crippen LogP contribution in [0.1, 0.15) is 44.9 Å². The number of likely N-dealkylation sites (tertiary alicyclic amines) is 1. The number of halogens is 3. The Morgan fingerprint density at radius 2 is 1.96 bits per heavy atom. The van der Waals surface area contributed by atoms with Crippen molar-refractivity contribution in [3.05, 3.63) is 0 Å². The fourth-order valence-corrected chi connectivity index (χ4v) is 5.01. The molecule has 5 atom stereocenters. The molecule has 3 unspecified atom stereocenters. The SMILES string of the molecule is NC(=O)C1CC2CCCCC2N1[C@@H](C[C@@H]1CCNC1=O)C(=O)COC(F)(F)F. The fourth-order valence-electron chi connectivity index (χ4n) is 5.01. The van der Waals surface area contributed by atoms with Crippen LogP contribution >= 0.6 is 0 Å². The Morgan fingerprint density at radius 1 is 1.25 bits per heavy atom. The number of nitrogens with zero attached hydrogens (tertiary/aromatic N) is 1. The van der Waals surface area contributed by atoms with Crippen LogP contribution < -0.4 is 11.1 Å². The number of rotatable bonds is 7. The number of nitrogens with two attached hydrogens (primary N) is 1. The second-order valence-electron chi connectivity index (χ2n) is 7.94. The predicted octanol–water partition coefficient (Wildman–Crippen LogP) is 1.11. The van der Waals surface area contributed by atoms with E-state index in [0.717, 1.165) is 25.7 Å². The van der Waals surface area contributed by atoms with Crippen molar-refractivity contribution < 1.29 is 32.3 Å². The van der Waals surface area contributed by atoms with E-state index in [1.165, 1.54) is 0 Å². The summed E-state index contributed by atoms with van der Waals surface area (Å²) in [4.78, 5) is 38.6. The number of carbonyl (C=O) groups excluding carboxylic acids is 3. The smallest absolute Gasteiger partial charge is 0.368 e. The van der Waals surface area contributed by atoms with Gasteiger partial charge >= 0.3 is 6.36 Å². The van der Waals surface area contributed by atoms with Crippen molar-refractivity contribution in [3.8, 4) is 0 Å². The Hall–Kier alpha value is -1.68. The zero-order valence-electron chi connectivity index (χ0n) is 15.5. The molecular weight excluding hydrogens is 379 g/mol. The summed E-state index contributed by atoms with van der Waals surface area (Å²) in [6, 6.07) is -1.80. The Bertz CT molecular complexity index is 628. The standard InChI is InChI=1S/C18H26F3N3O4/c19-18(20,21)28-9-15(25)13(8-11-5-6-23-17(11)27)24-12-4-2-1-3-10(12)7-14(24)16(22)26/h10-14H,1-9H2,(H2,22,26)(H,23,27)/t10?,11-,12?,13-,14?/m0/s1. The van der Waals surface area contributed by atoms with E-state index in [4.69, 9.17) is 5.73 Å². The largest absolute Gasteiger partial charge is 0.522 e. The van der Waals surface area contributed by atoms with Gasteiger partial charge in [0.05, 0.1) is 12.1 Å². The lowest BCUT2D eigenvalue weighted by molar-refractivity contribution is -0.321. The molecule has 0 radical (unpaired) electrons. The zero-order valence-corrected chi connectivity index (χ0v) is 15.5. The van der Waals surface area contributed by atoms with Gasteiger partial charge in [0.25, 0.3) is 0 Å². The van der Waals surface area contributed by atoms with E-state index in [1.54, 1.807) is 4.90 Å². The highest BCUT2D eigenvalue weighted by atomic mass is 19.4. The van der Waals surface area contributed by atoms with Gasteiger partial charge in [0.2, 0.25) is 11.8 Å². The molecule has 0 aromatic carbocycles. The first-order chi connectivity index (χ1) is 13.2. The zero-order chi connectivity index (χ0) is 20.5. The number of primary amides is 1. The van der Waals surface area contributed by atoms with Gasteiger partial charge in [-0.1, -0.05) is 12.8 Å². The monoisotopic (exact) mass is 405 g/mol. The van der Waals surface area contributed by atoms with Gasteiger partial charge in [-0.15, -0.1) is 13.2 Å². The molecule has 3 rings (SSSR count). The number of amides is 2. The molecule has 28 heavy (non-hydrogen) atoms. The van der Waals surface area contributed by atoms with E-state index in [2.05, 4.69) is 10.1 Å². The molecule has 3 fully saturated rings. The molecule has 2 aliphatic heterocycles. The second-order valence-corrected chi connectivity index (χ2v) is 7.94. The second kappa shape index (κ2) is 8.36. The molecular formula is C18H26F3N3O4. The Kier molecular flexibility index (Phi) is 6.28. The molecule has 2 heterocycles. The van der Waals surface area contributed by atoms with Crippen molar-refractivity contribution >= 4 is 17.6 Å². The van der Waals surface area contributed by atoms with Gasteiger partial charge in [-0.3, -0.25) is 24.0 Å². The average molecular weight is 405 g/mol. The number of ketones is 1. The van der Waals surface area contributed by atoms with Gasteiger partial charge in [0, 0.05) is 18.5 Å². The maximum atomic E-state index is 12.8. The molecule has 3 N–H and O–H groups in total. The van der Waals surface area contributed by atoms with Gasteiger partial charge in [-0.2, -0.15) is 0 Å². The van der Waals surface area contributed by atoms with Gasteiger partial charge in [0.1, 0.15) is 6.61 Å². The minimum Gasteiger partial charge on any atom is -0.368 e. The van der Waals surface area contributed by atoms with Gasteiger partial charge in [-0.05, 0) is 38.0 Å². The van der Waals surface area contributed by atoms with E-state index >= 15 is 0 Å². The van der Waals surface area contributed by atoms with Crippen LogP contribution in [-0.4, -0.2) is 60.1 Å². The van der Waals surface area contributed by atoms with Crippen LogP contribution in [0.4, 0.5) is 13.2 Å². The number of Topliss-reactive ketones (excluding diaryl/α,β-unsaturated/α-hetero) is 1. The number of ether oxygens (including phenoxy) is 1. The molecule has 0 aromatic heterocycles. The number of alkyl halides is 3. The predicted molar refractivity (Wildman–Crippen MR) is 91.7 cm³/mol. The van der Waals surface area contributed by atoms with Crippen molar-refractivity contribution in [1.29, 1.82) is 0 Å². The van der Waals surface area contributed by atoms with Crippen LogP contribution in [0, 0.1) is 11.8 Å². The van der Waals surface area contributed by atoms with E-state index in [-0.39, 0.29) is 24.3 Å². The number of carbonyl (C=O) groups is 3. The van der Waals surface area contributed by atoms with Crippen LogP contribution in [-0.2, 0) is 19.1 Å². The van der Waals surface area contributed by atoms with Crippen molar-refractivity contribution in [2.45, 2.75) is 69.4 Å². The molecule has 1 saturated carbocycles. The maximum absolute atomic E-state index is 12.8. The first-order valence-corrected chi connectivity index (χ1v) is 9.75. The van der Waals surface area contributed by atoms with E-state index in [0.29, 0.717) is 19.4 Å². The topological polar surface area (TPSA) is 102 Å². The lowest BCUT2D eigenvalue weighted by Gasteiger charge is -2.39. The number of hydrogen-bond acceptors (Lipinski definition) is 5. The summed E-state index contributed by atoms with van der Waals surface area (Å²) in [5.74, 6) is -1.86. The average Bonchev–Trinajstić information content (AvgIpc) is 3.20. The minimum atomic E-state index is -4.92. The summed E-state index contributed by atoms with van der Waals surface area (Å²) in [7, 11) is 0. The van der Waals surface area contributed by atoms with Gasteiger partial charge in [0.15, 0.2) is 5.78 Å². The molecule has 0 aromatic rings. The normalized spacial score (nSPS) is 32.0. The van der Waals surface area contributed by atoms with Crippen molar-refractivity contribution in [2.24, 2.45) is 17.6 Å². The van der Waals surface area contributed by atoms with Crippen LogP contribution in [0.5, 0.6) is 0 Å². The van der Waals surface area contributed by atoms with Crippen LogP contribution in [0.15, 0.2) is 0 Å². The molecule has 0 bridgehead atoms. The Morgan fingerprint density at radius 3 is 2.57 bits per heavy atom. The third-order valence-corrected chi connectivity index (χ3v) is 6.25. The first-order valence-electron chi connectivity index (χ1n) is 9.75. The van der Waals surface area contributed by atoms with Crippen LogP contribution in [0.3, 0.4) is 0 Å². The third kappa shape index (κ3) is 4.65. The molecule has 7 nitrogen and oxygen atoms in total. The van der Waals surface area contributed by atoms with Crippen LogP contribution in [0.25, 0.3) is 0 Å². The highest BCUT2D eigenvalue weighted by Crippen LogP contribution is 2.42. The molecule has 2 saturated heterocycles. The lowest BCUT2D eigenvalue weighted by atomic mass is 9.84. The summed E-state index contributed by atoms with van der Waals surface area (Å²) in [6.45, 7) is -0.670. The Labute approximate surface area is 161 Å². The molecule has 10 heteroatoms. The highest BCUT2D eigenvalue weighted by Gasteiger charge is 2.50. The minimum absolute atomic E-state index is 0.0683. The Balaban J connectivity index is 1.85. The van der Waals surface area contributed by atoms with Crippen molar-refractivity contribution in [3.63, 3.8) is 0 Å². The summed E-state index contributed by atoms with van der Waals surface area (Å²) in [6.07, 6.45) is -0.254. The van der Waals surface area contributed by atoms with E-state index < -0.39 is 42.7 Å². The highest BCUT2D eigenvalue weighted by molar-refractivity contribution is 5.88. The summed E-state index contributed by atoms with van der Waals surface area (Å²) < 4.78 is 41.2. The van der Waals surface area contributed by atoms with E-state index in [9.17, 15) is 27.6 Å².